The van der Waals surface area contributed by atoms with Crippen LogP contribution in [0.3, 0.4) is 0 Å². The van der Waals surface area contributed by atoms with E-state index in [1.54, 1.807) is 0 Å². The maximum Gasteiger partial charge on any atom is 0.0373 e. The summed E-state index contributed by atoms with van der Waals surface area (Å²) in [5.41, 5.74) is 3.92. The van der Waals surface area contributed by atoms with E-state index < -0.39 is 0 Å². The molecule has 0 spiro atoms. The number of hydrogen-bond acceptors (Lipinski definition) is 2. The summed E-state index contributed by atoms with van der Waals surface area (Å²) in [7, 11) is 0. The monoisotopic (exact) mass is 214 g/mol. The van der Waals surface area contributed by atoms with E-state index in [4.69, 9.17) is 0 Å². The summed E-state index contributed by atoms with van der Waals surface area (Å²) in [4.78, 5) is 4.38. The fourth-order valence-corrected chi connectivity index (χ4v) is 2.87. The maximum atomic E-state index is 4.38. The lowest BCUT2D eigenvalue weighted by atomic mass is 9.89. The molecule has 1 aliphatic carbocycles. The van der Waals surface area contributed by atoms with Gasteiger partial charge in [-0.05, 0) is 55.3 Å². The van der Waals surface area contributed by atoms with E-state index in [1.807, 2.05) is 13.1 Å². The highest BCUT2D eigenvalue weighted by Gasteiger charge is 2.29. The molecule has 2 nitrogen and oxygen atoms in total. The summed E-state index contributed by atoms with van der Waals surface area (Å²) in [6.45, 7) is 4.39. The Morgan fingerprint density at radius 1 is 1.38 bits per heavy atom. The van der Waals surface area contributed by atoms with E-state index in [9.17, 15) is 0 Å². The van der Waals surface area contributed by atoms with Crippen LogP contribution in [0.1, 0.15) is 24.1 Å². The van der Waals surface area contributed by atoms with Crippen LogP contribution in [0.25, 0.3) is 5.57 Å². The highest BCUT2D eigenvalue weighted by Crippen LogP contribution is 2.38. The molecule has 84 valence electrons. The van der Waals surface area contributed by atoms with Gasteiger partial charge in [0.15, 0.2) is 0 Å². The molecule has 16 heavy (non-hydrogen) atoms. The van der Waals surface area contributed by atoms with Crippen molar-refractivity contribution in [1.82, 2.24) is 10.3 Å². The van der Waals surface area contributed by atoms with Gasteiger partial charge in [0.05, 0.1) is 0 Å². The van der Waals surface area contributed by atoms with Crippen molar-refractivity contribution in [3.8, 4) is 0 Å². The molecule has 1 aromatic rings. The van der Waals surface area contributed by atoms with Crippen molar-refractivity contribution in [3.05, 3.63) is 35.7 Å². The molecule has 1 aliphatic heterocycles. The molecule has 0 radical (unpaired) electrons. The molecule has 0 unspecified atom stereocenters. The third-order valence-corrected chi connectivity index (χ3v) is 3.86. The van der Waals surface area contributed by atoms with Crippen LogP contribution >= 0.6 is 0 Å². The van der Waals surface area contributed by atoms with Crippen molar-refractivity contribution in [2.75, 3.05) is 13.1 Å². The zero-order valence-electron chi connectivity index (χ0n) is 9.74. The second-order valence-electron chi connectivity index (χ2n) is 5.00. The largest absolute Gasteiger partial charge is 0.316 e. The molecular formula is C14H18N2. The smallest absolute Gasteiger partial charge is 0.0373 e. The molecule has 2 heterocycles. The van der Waals surface area contributed by atoms with Crippen molar-refractivity contribution < 1.29 is 0 Å². The number of pyridine rings is 1. The number of rotatable bonds is 1. The summed E-state index contributed by atoms with van der Waals surface area (Å²) >= 11 is 0. The van der Waals surface area contributed by atoms with Crippen LogP contribution in [0.15, 0.2) is 24.4 Å². The van der Waals surface area contributed by atoms with Crippen LogP contribution in [0.2, 0.25) is 0 Å². The SMILES string of the molecule is Cc1ccc(C2=C[C@H]3CNCC[C@H]3C2)cn1. The molecular weight excluding hydrogens is 196 g/mol. The van der Waals surface area contributed by atoms with Gasteiger partial charge in [-0.3, -0.25) is 4.98 Å². The zero-order chi connectivity index (χ0) is 11.0. The molecule has 3 rings (SSSR count). The van der Waals surface area contributed by atoms with Gasteiger partial charge in [0.25, 0.3) is 0 Å². The van der Waals surface area contributed by atoms with Crippen LogP contribution in [-0.4, -0.2) is 18.1 Å². The van der Waals surface area contributed by atoms with E-state index >= 15 is 0 Å². The quantitative estimate of drug-likeness (QED) is 0.776. The first-order valence-electron chi connectivity index (χ1n) is 6.17. The third-order valence-electron chi connectivity index (χ3n) is 3.86. The van der Waals surface area contributed by atoms with Crippen LogP contribution < -0.4 is 5.32 Å². The summed E-state index contributed by atoms with van der Waals surface area (Å²) in [6, 6.07) is 4.31. The lowest BCUT2D eigenvalue weighted by Crippen LogP contribution is -2.33. The molecule has 2 aliphatic rings. The molecule has 0 amide bonds. The average molecular weight is 214 g/mol. The van der Waals surface area contributed by atoms with E-state index in [2.05, 4.69) is 28.5 Å². The Bertz CT molecular complexity index is 405. The summed E-state index contributed by atoms with van der Waals surface area (Å²) in [5.74, 6) is 1.63. The zero-order valence-corrected chi connectivity index (χ0v) is 9.74. The summed E-state index contributed by atoms with van der Waals surface area (Å²) in [5, 5.41) is 3.48. The highest BCUT2D eigenvalue weighted by atomic mass is 14.9. The minimum atomic E-state index is 0.755. The standard InChI is InChI=1S/C14H18N2/c1-10-2-3-12(9-16-10)13-6-11-4-5-15-8-14(11)7-13/h2-3,7,9,11,14-15H,4-6,8H2,1H3/t11-,14-/m0/s1. The Hall–Kier alpha value is -1.15. The van der Waals surface area contributed by atoms with Crippen molar-refractivity contribution in [1.29, 1.82) is 0 Å². The lowest BCUT2D eigenvalue weighted by Gasteiger charge is -2.25. The maximum absolute atomic E-state index is 4.38. The Morgan fingerprint density at radius 3 is 3.06 bits per heavy atom. The topological polar surface area (TPSA) is 24.9 Å². The van der Waals surface area contributed by atoms with Crippen LogP contribution in [0.5, 0.6) is 0 Å². The molecule has 2 heteroatoms. The fourth-order valence-electron chi connectivity index (χ4n) is 2.87. The van der Waals surface area contributed by atoms with Crippen LogP contribution in [0, 0.1) is 18.8 Å². The normalized spacial score (nSPS) is 28.7. The molecule has 0 bridgehead atoms. The molecule has 0 saturated carbocycles. The third kappa shape index (κ3) is 1.78. The Kier molecular flexibility index (Phi) is 2.52. The average Bonchev–Trinajstić information content (AvgIpc) is 2.73. The van der Waals surface area contributed by atoms with E-state index in [1.165, 1.54) is 30.5 Å². The van der Waals surface area contributed by atoms with Gasteiger partial charge in [0, 0.05) is 18.4 Å². The molecule has 2 atom stereocenters. The Labute approximate surface area is 96.8 Å². The second kappa shape index (κ2) is 4.02. The number of nitrogens with one attached hydrogen (secondary N) is 1. The number of aryl methyl sites for hydroxylation is 1. The van der Waals surface area contributed by atoms with E-state index in [0.717, 1.165) is 24.1 Å². The molecule has 1 aromatic heterocycles. The summed E-state index contributed by atoms with van der Waals surface area (Å²) < 4.78 is 0. The van der Waals surface area contributed by atoms with Gasteiger partial charge >= 0.3 is 0 Å². The first kappa shape index (κ1) is 10.0. The highest BCUT2D eigenvalue weighted by molar-refractivity contribution is 5.67. The van der Waals surface area contributed by atoms with E-state index in [-0.39, 0.29) is 0 Å². The number of allylic oxidation sites excluding steroid dienone is 1. The van der Waals surface area contributed by atoms with Gasteiger partial charge < -0.3 is 5.32 Å². The van der Waals surface area contributed by atoms with Gasteiger partial charge in [-0.15, -0.1) is 0 Å². The number of aromatic nitrogens is 1. The van der Waals surface area contributed by atoms with Crippen molar-refractivity contribution in [3.63, 3.8) is 0 Å². The second-order valence-corrected chi connectivity index (χ2v) is 5.00. The fraction of sp³-hybridized carbons (Fsp3) is 0.500. The Morgan fingerprint density at radius 2 is 2.31 bits per heavy atom. The molecule has 1 N–H and O–H groups in total. The predicted molar refractivity (Wildman–Crippen MR) is 66.0 cm³/mol. The summed E-state index contributed by atoms with van der Waals surface area (Å²) in [6.07, 6.45) is 7.05. The van der Waals surface area contributed by atoms with Crippen molar-refractivity contribution >= 4 is 5.57 Å². The minimum absolute atomic E-state index is 0.755. The van der Waals surface area contributed by atoms with Gasteiger partial charge in [0.2, 0.25) is 0 Å². The minimum Gasteiger partial charge on any atom is -0.316 e. The van der Waals surface area contributed by atoms with E-state index in [0.29, 0.717) is 0 Å². The Balaban J connectivity index is 1.83. The van der Waals surface area contributed by atoms with Gasteiger partial charge in [-0.2, -0.15) is 0 Å². The van der Waals surface area contributed by atoms with Gasteiger partial charge in [0.1, 0.15) is 0 Å². The number of piperidine rings is 1. The van der Waals surface area contributed by atoms with Gasteiger partial charge in [-0.25, -0.2) is 0 Å². The van der Waals surface area contributed by atoms with Crippen LogP contribution in [0.4, 0.5) is 0 Å². The lowest BCUT2D eigenvalue weighted by molar-refractivity contribution is 0.323. The van der Waals surface area contributed by atoms with Gasteiger partial charge in [-0.1, -0.05) is 12.1 Å². The molecule has 1 saturated heterocycles. The van der Waals surface area contributed by atoms with Crippen molar-refractivity contribution in [2.24, 2.45) is 11.8 Å². The first-order valence-corrected chi connectivity index (χ1v) is 6.17. The number of fused-ring (bicyclic) bond motifs is 1. The number of hydrogen-bond donors (Lipinski definition) is 1. The first-order chi connectivity index (χ1) is 7.83. The predicted octanol–water partition coefficient (Wildman–Crippen LogP) is 2.40. The number of nitrogens with zero attached hydrogens (tertiary/aromatic N) is 1. The van der Waals surface area contributed by atoms with Crippen LogP contribution in [-0.2, 0) is 0 Å². The molecule has 0 aromatic carbocycles. The van der Waals surface area contributed by atoms with Crippen molar-refractivity contribution in [2.45, 2.75) is 19.8 Å². The molecule has 1 fully saturated rings.